The lowest BCUT2D eigenvalue weighted by Gasteiger charge is -2.19. The third kappa shape index (κ3) is 3.15. The molecule has 3 heteroatoms. The molecule has 0 saturated heterocycles. The Hall–Kier alpha value is -3.07. The minimum absolute atomic E-state index is 0.715. The molecule has 0 fully saturated rings. The zero-order valence-corrected chi connectivity index (χ0v) is 12.1. The van der Waals surface area contributed by atoms with Gasteiger partial charge in [0.2, 0.25) is 0 Å². The SMILES string of the molecule is Nc1ccccc1/C=N/N(c1ccccc1)c1ccccc1. The second-order valence-corrected chi connectivity index (χ2v) is 4.86. The highest BCUT2D eigenvalue weighted by atomic mass is 15.5. The number of hydrazone groups is 1. The minimum Gasteiger partial charge on any atom is -0.398 e. The standard InChI is InChI=1S/C19H17N3/c20-19-14-8-7-9-16(19)15-21-22(17-10-3-1-4-11-17)18-12-5-2-6-13-18/h1-15H,20H2/b21-15+. The van der Waals surface area contributed by atoms with E-state index in [0.29, 0.717) is 5.69 Å². The van der Waals surface area contributed by atoms with Crippen molar-refractivity contribution in [3.8, 4) is 0 Å². The van der Waals surface area contributed by atoms with Crippen LogP contribution in [-0.4, -0.2) is 6.21 Å². The van der Waals surface area contributed by atoms with Crippen LogP contribution in [0.4, 0.5) is 17.1 Å². The van der Waals surface area contributed by atoms with Gasteiger partial charge in [0.1, 0.15) is 0 Å². The van der Waals surface area contributed by atoms with E-state index in [9.17, 15) is 0 Å². The average Bonchev–Trinajstić information content (AvgIpc) is 2.59. The second kappa shape index (κ2) is 6.59. The topological polar surface area (TPSA) is 41.6 Å². The molecule has 3 nitrogen and oxygen atoms in total. The van der Waals surface area contributed by atoms with Crippen LogP contribution in [0.3, 0.4) is 0 Å². The Kier molecular flexibility index (Phi) is 4.16. The molecule has 0 aliphatic rings. The molecule has 0 amide bonds. The smallest absolute Gasteiger partial charge is 0.0652 e. The first-order valence-electron chi connectivity index (χ1n) is 7.13. The molecule has 22 heavy (non-hydrogen) atoms. The van der Waals surface area contributed by atoms with Crippen LogP contribution in [0.2, 0.25) is 0 Å². The number of hydrogen-bond acceptors (Lipinski definition) is 3. The fourth-order valence-electron chi connectivity index (χ4n) is 2.17. The van der Waals surface area contributed by atoms with Crippen molar-refractivity contribution in [2.24, 2.45) is 5.10 Å². The van der Waals surface area contributed by atoms with E-state index in [1.165, 1.54) is 0 Å². The van der Waals surface area contributed by atoms with Crippen molar-refractivity contribution in [2.75, 3.05) is 10.7 Å². The first kappa shape index (κ1) is 13.9. The number of anilines is 3. The number of rotatable bonds is 4. The highest BCUT2D eigenvalue weighted by Crippen LogP contribution is 2.25. The van der Waals surface area contributed by atoms with Crippen LogP contribution in [0, 0.1) is 0 Å². The third-order valence-electron chi connectivity index (χ3n) is 3.31. The molecule has 0 spiro atoms. The average molecular weight is 287 g/mol. The number of para-hydroxylation sites is 3. The Morgan fingerprint density at radius 1 is 0.682 bits per heavy atom. The van der Waals surface area contributed by atoms with Gasteiger partial charge in [0.25, 0.3) is 0 Å². The maximum atomic E-state index is 5.97. The molecule has 0 aliphatic heterocycles. The maximum Gasteiger partial charge on any atom is 0.0652 e. The van der Waals surface area contributed by atoms with Gasteiger partial charge in [-0.15, -0.1) is 0 Å². The number of nitrogens with two attached hydrogens (primary N) is 1. The van der Waals surface area contributed by atoms with Crippen LogP contribution in [0.1, 0.15) is 5.56 Å². The van der Waals surface area contributed by atoms with Crippen LogP contribution in [0.15, 0.2) is 90.0 Å². The summed E-state index contributed by atoms with van der Waals surface area (Å²) in [6.07, 6.45) is 1.79. The molecule has 0 bridgehead atoms. The van der Waals surface area contributed by atoms with Gasteiger partial charge in [-0.2, -0.15) is 5.10 Å². The molecule has 3 rings (SSSR count). The highest BCUT2D eigenvalue weighted by molar-refractivity contribution is 5.88. The lowest BCUT2D eigenvalue weighted by molar-refractivity contribution is 1.09. The van der Waals surface area contributed by atoms with Gasteiger partial charge in [0.15, 0.2) is 0 Å². The molecule has 108 valence electrons. The van der Waals surface area contributed by atoms with Crippen molar-refractivity contribution >= 4 is 23.3 Å². The maximum absolute atomic E-state index is 5.97. The van der Waals surface area contributed by atoms with Crippen LogP contribution < -0.4 is 10.7 Å². The molecule has 0 aliphatic carbocycles. The van der Waals surface area contributed by atoms with E-state index in [1.807, 2.05) is 89.9 Å². The second-order valence-electron chi connectivity index (χ2n) is 4.86. The Bertz CT molecular complexity index is 712. The van der Waals surface area contributed by atoms with Gasteiger partial charge in [-0.05, 0) is 30.3 Å². The summed E-state index contributed by atoms with van der Waals surface area (Å²) in [5, 5.41) is 6.52. The molecule has 0 radical (unpaired) electrons. The van der Waals surface area contributed by atoms with Crippen LogP contribution >= 0.6 is 0 Å². The normalized spacial score (nSPS) is 10.7. The van der Waals surface area contributed by atoms with E-state index in [1.54, 1.807) is 6.21 Å². The van der Waals surface area contributed by atoms with Crippen LogP contribution in [0.25, 0.3) is 0 Å². The summed E-state index contributed by atoms with van der Waals surface area (Å²) >= 11 is 0. The van der Waals surface area contributed by atoms with Crippen molar-refractivity contribution < 1.29 is 0 Å². The van der Waals surface area contributed by atoms with Crippen molar-refractivity contribution in [2.45, 2.75) is 0 Å². The van der Waals surface area contributed by atoms with Gasteiger partial charge in [0, 0.05) is 11.3 Å². The molecule has 0 atom stereocenters. The van der Waals surface area contributed by atoms with Crippen molar-refractivity contribution in [1.82, 2.24) is 0 Å². The zero-order valence-electron chi connectivity index (χ0n) is 12.1. The van der Waals surface area contributed by atoms with Gasteiger partial charge in [-0.1, -0.05) is 54.6 Å². The van der Waals surface area contributed by atoms with Crippen molar-refractivity contribution in [3.05, 3.63) is 90.5 Å². The van der Waals surface area contributed by atoms with Gasteiger partial charge in [0.05, 0.1) is 17.6 Å². The summed E-state index contributed by atoms with van der Waals surface area (Å²) in [6, 6.07) is 27.8. The fourth-order valence-corrected chi connectivity index (χ4v) is 2.17. The van der Waals surface area contributed by atoms with E-state index >= 15 is 0 Å². The summed E-state index contributed by atoms with van der Waals surface area (Å²) in [5.41, 5.74) is 9.59. The van der Waals surface area contributed by atoms with E-state index < -0.39 is 0 Å². The van der Waals surface area contributed by atoms with E-state index in [4.69, 9.17) is 5.73 Å². The molecule has 0 saturated carbocycles. The summed E-state index contributed by atoms with van der Waals surface area (Å²) in [5.74, 6) is 0. The monoisotopic (exact) mass is 287 g/mol. The molecule has 3 aromatic carbocycles. The minimum atomic E-state index is 0.715. The number of nitrogen functional groups attached to an aromatic ring is 1. The Labute approximate surface area is 130 Å². The van der Waals surface area contributed by atoms with E-state index in [2.05, 4.69) is 5.10 Å². The zero-order chi connectivity index (χ0) is 15.2. The predicted octanol–water partition coefficient (Wildman–Crippen LogP) is 4.44. The molecule has 0 aromatic heterocycles. The lowest BCUT2D eigenvalue weighted by Crippen LogP contribution is -2.09. The summed E-state index contributed by atoms with van der Waals surface area (Å²) in [6.45, 7) is 0. The summed E-state index contributed by atoms with van der Waals surface area (Å²) in [7, 11) is 0. The summed E-state index contributed by atoms with van der Waals surface area (Å²) in [4.78, 5) is 0. The molecular weight excluding hydrogens is 270 g/mol. The molecule has 0 unspecified atom stereocenters. The quantitative estimate of drug-likeness (QED) is 0.438. The third-order valence-corrected chi connectivity index (χ3v) is 3.31. The number of benzene rings is 3. The van der Waals surface area contributed by atoms with E-state index in [0.717, 1.165) is 16.9 Å². The Balaban J connectivity index is 1.98. The predicted molar refractivity (Wildman–Crippen MR) is 93.5 cm³/mol. The van der Waals surface area contributed by atoms with Crippen LogP contribution in [0.5, 0.6) is 0 Å². The summed E-state index contributed by atoms with van der Waals surface area (Å²) < 4.78 is 0. The molecule has 3 aromatic rings. The number of hydrogen-bond donors (Lipinski definition) is 1. The number of nitrogens with zero attached hydrogens (tertiary/aromatic N) is 2. The largest absolute Gasteiger partial charge is 0.398 e. The molecule has 0 heterocycles. The van der Waals surface area contributed by atoms with Crippen molar-refractivity contribution in [1.29, 1.82) is 0 Å². The van der Waals surface area contributed by atoms with Crippen LogP contribution in [-0.2, 0) is 0 Å². The lowest BCUT2D eigenvalue weighted by atomic mass is 10.2. The van der Waals surface area contributed by atoms with Crippen molar-refractivity contribution in [3.63, 3.8) is 0 Å². The Morgan fingerprint density at radius 2 is 1.18 bits per heavy atom. The highest BCUT2D eigenvalue weighted by Gasteiger charge is 2.06. The first-order chi connectivity index (χ1) is 10.8. The molecular formula is C19H17N3. The molecule has 2 N–H and O–H groups in total. The van der Waals surface area contributed by atoms with Gasteiger partial charge in [-0.3, -0.25) is 0 Å². The fraction of sp³-hybridized carbons (Fsp3) is 0. The van der Waals surface area contributed by atoms with E-state index in [-0.39, 0.29) is 0 Å². The Morgan fingerprint density at radius 3 is 1.73 bits per heavy atom. The first-order valence-corrected chi connectivity index (χ1v) is 7.13. The van der Waals surface area contributed by atoms with Gasteiger partial charge in [-0.25, -0.2) is 5.01 Å². The van der Waals surface area contributed by atoms with Gasteiger partial charge >= 0.3 is 0 Å². The van der Waals surface area contributed by atoms with Gasteiger partial charge < -0.3 is 5.73 Å².